The van der Waals surface area contributed by atoms with E-state index >= 15 is 0 Å². The highest BCUT2D eigenvalue weighted by Crippen LogP contribution is 2.46. The lowest BCUT2D eigenvalue weighted by atomic mass is 9.70. The van der Waals surface area contributed by atoms with E-state index in [9.17, 15) is 4.79 Å². The summed E-state index contributed by atoms with van der Waals surface area (Å²) in [6, 6.07) is 11.2. The zero-order chi connectivity index (χ0) is 20.9. The van der Waals surface area contributed by atoms with Crippen molar-refractivity contribution in [2.24, 2.45) is 5.92 Å². The Morgan fingerprint density at radius 1 is 1.14 bits per heavy atom. The predicted molar refractivity (Wildman–Crippen MR) is 119 cm³/mol. The van der Waals surface area contributed by atoms with E-state index in [1.165, 1.54) is 63.6 Å². The van der Waals surface area contributed by atoms with Crippen molar-refractivity contribution < 1.29 is 9.53 Å². The SMILES string of the molecule is CN(CCCC1CCC(c2ccccc2)(N2CCCC2)CC1)C(=O)OC(C)(C)C. The fraction of sp³-hybridized carbons (Fsp3) is 0.720. The third-order valence-electron chi connectivity index (χ3n) is 6.77. The summed E-state index contributed by atoms with van der Waals surface area (Å²) in [7, 11) is 1.85. The van der Waals surface area contributed by atoms with Crippen LogP contribution in [0.3, 0.4) is 0 Å². The lowest BCUT2D eigenvalue weighted by Crippen LogP contribution is -2.47. The normalized spacial score (nSPS) is 25.7. The van der Waals surface area contributed by atoms with Crippen LogP contribution in [0.1, 0.15) is 77.7 Å². The van der Waals surface area contributed by atoms with Crippen LogP contribution in [0.25, 0.3) is 0 Å². The molecule has 1 saturated carbocycles. The average Bonchev–Trinajstić information content (AvgIpc) is 3.23. The molecule has 0 N–H and O–H groups in total. The van der Waals surface area contributed by atoms with Gasteiger partial charge in [0.05, 0.1) is 0 Å². The molecule has 162 valence electrons. The summed E-state index contributed by atoms with van der Waals surface area (Å²) in [5.41, 5.74) is 1.34. The summed E-state index contributed by atoms with van der Waals surface area (Å²) >= 11 is 0. The molecule has 0 radical (unpaired) electrons. The van der Waals surface area contributed by atoms with Crippen molar-refractivity contribution in [3.63, 3.8) is 0 Å². The van der Waals surface area contributed by atoms with Gasteiger partial charge >= 0.3 is 6.09 Å². The van der Waals surface area contributed by atoms with Gasteiger partial charge in [0, 0.05) is 19.1 Å². The van der Waals surface area contributed by atoms with Crippen LogP contribution in [0.2, 0.25) is 0 Å². The number of hydrogen-bond acceptors (Lipinski definition) is 3. The molecule has 0 bridgehead atoms. The maximum absolute atomic E-state index is 12.1. The number of carbonyl (C=O) groups excluding carboxylic acids is 1. The number of nitrogens with zero attached hydrogens (tertiary/aromatic N) is 2. The van der Waals surface area contributed by atoms with Gasteiger partial charge in [-0.3, -0.25) is 4.90 Å². The van der Waals surface area contributed by atoms with Gasteiger partial charge in [-0.1, -0.05) is 30.3 Å². The first kappa shape index (κ1) is 22.1. The minimum atomic E-state index is -0.426. The Morgan fingerprint density at radius 3 is 2.34 bits per heavy atom. The Balaban J connectivity index is 1.50. The minimum Gasteiger partial charge on any atom is -0.444 e. The highest BCUT2D eigenvalue weighted by molar-refractivity contribution is 5.67. The zero-order valence-electron chi connectivity index (χ0n) is 19.0. The summed E-state index contributed by atoms with van der Waals surface area (Å²) in [5.74, 6) is 0.779. The molecular formula is C25H40N2O2. The first-order valence-corrected chi connectivity index (χ1v) is 11.5. The van der Waals surface area contributed by atoms with Crippen molar-refractivity contribution in [2.75, 3.05) is 26.7 Å². The van der Waals surface area contributed by atoms with Gasteiger partial charge < -0.3 is 9.64 Å². The maximum Gasteiger partial charge on any atom is 0.410 e. The van der Waals surface area contributed by atoms with Gasteiger partial charge in [-0.2, -0.15) is 0 Å². The van der Waals surface area contributed by atoms with Crippen LogP contribution in [0.4, 0.5) is 4.79 Å². The van der Waals surface area contributed by atoms with E-state index in [2.05, 4.69) is 35.2 Å². The standard InChI is InChI=1S/C25H40N2O2/c1-24(2,3)29-23(28)26(4)18-10-11-21-14-16-25(17-15-21,27-19-8-9-20-27)22-12-6-5-7-13-22/h5-7,12-13,21H,8-11,14-20H2,1-4H3. The van der Waals surface area contributed by atoms with Gasteiger partial charge in [0.1, 0.15) is 5.60 Å². The van der Waals surface area contributed by atoms with E-state index in [1.54, 1.807) is 4.90 Å². The van der Waals surface area contributed by atoms with Gasteiger partial charge in [-0.15, -0.1) is 0 Å². The summed E-state index contributed by atoms with van der Waals surface area (Å²) in [5, 5.41) is 0. The zero-order valence-corrected chi connectivity index (χ0v) is 19.0. The Labute approximate surface area is 177 Å². The fourth-order valence-electron chi connectivity index (χ4n) is 5.17. The van der Waals surface area contributed by atoms with Gasteiger partial charge in [0.2, 0.25) is 0 Å². The molecule has 1 aromatic carbocycles. The predicted octanol–water partition coefficient (Wildman–Crippen LogP) is 5.82. The molecule has 1 amide bonds. The third kappa shape index (κ3) is 5.75. The van der Waals surface area contributed by atoms with Crippen LogP contribution in [-0.2, 0) is 10.3 Å². The third-order valence-corrected chi connectivity index (χ3v) is 6.77. The van der Waals surface area contributed by atoms with Crippen molar-refractivity contribution in [1.82, 2.24) is 9.80 Å². The summed E-state index contributed by atoms with van der Waals surface area (Å²) in [6.07, 6.45) is 9.86. The molecule has 4 nitrogen and oxygen atoms in total. The first-order valence-electron chi connectivity index (χ1n) is 11.5. The second-order valence-corrected chi connectivity index (χ2v) is 10.1. The van der Waals surface area contributed by atoms with E-state index in [0.29, 0.717) is 0 Å². The van der Waals surface area contributed by atoms with Crippen LogP contribution >= 0.6 is 0 Å². The molecule has 0 unspecified atom stereocenters. The monoisotopic (exact) mass is 400 g/mol. The van der Waals surface area contributed by atoms with Crippen molar-refractivity contribution in [1.29, 1.82) is 0 Å². The van der Waals surface area contributed by atoms with Crippen LogP contribution < -0.4 is 0 Å². The molecule has 2 fully saturated rings. The van der Waals surface area contributed by atoms with Crippen LogP contribution in [0, 0.1) is 5.92 Å². The lowest BCUT2D eigenvalue weighted by Gasteiger charge is -2.47. The average molecular weight is 401 g/mol. The number of amides is 1. The summed E-state index contributed by atoms with van der Waals surface area (Å²) in [6.45, 7) is 9.03. The quantitative estimate of drug-likeness (QED) is 0.603. The van der Waals surface area contributed by atoms with Crippen LogP contribution in [0.5, 0.6) is 0 Å². The number of hydrogen-bond donors (Lipinski definition) is 0. The molecule has 3 rings (SSSR count). The topological polar surface area (TPSA) is 32.8 Å². The number of likely N-dealkylation sites (tertiary alicyclic amines) is 1. The van der Waals surface area contributed by atoms with Crippen molar-refractivity contribution in [2.45, 2.75) is 83.3 Å². The van der Waals surface area contributed by atoms with Crippen molar-refractivity contribution >= 4 is 6.09 Å². The van der Waals surface area contributed by atoms with E-state index in [0.717, 1.165) is 18.9 Å². The van der Waals surface area contributed by atoms with Gasteiger partial charge in [-0.25, -0.2) is 4.79 Å². The highest BCUT2D eigenvalue weighted by atomic mass is 16.6. The van der Waals surface area contributed by atoms with E-state index in [4.69, 9.17) is 4.74 Å². The largest absolute Gasteiger partial charge is 0.444 e. The first-order chi connectivity index (χ1) is 13.8. The molecule has 1 aliphatic carbocycles. The number of benzene rings is 1. The highest BCUT2D eigenvalue weighted by Gasteiger charge is 2.42. The maximum atomic E-state index is 12.1. The number of carbonyl (C=O) groups is 1. The molecule has 1 heterocycles. The van der Waals surface area contributed by atoms with Crippen LogP contribution in [0.15, 0.2) is 30.3 Å². The molecule has 4 heteroatoms. The Hall–Kier alpha value is -1.55. The number of rotatable bonds is 6. The molecular weight excluding hydrogens is 360 g/mol. The summed E-state index contributed by atoms with van der Waals surface area (Å²) < 4.78 is 5.46. The summed E-state index contributed by atoms with van der Waals surface area (Å²) in [4.78, 5) is 16.6. The van der Waals surface area contributed by atoms with Gasteiger partial charge in [-0.05, 0) is 96.7 Å². The van der Waals surface area contributed by atoms with Gasteiger partial charge in [0.15, 0.2) is 0 Å². The number of ether oxygens (including phenoxy) is 1. The molecule has 0 atom stereocenters. The molecule has 1 aliphatic heterocycles. The van der Waals surface area contributed by atoms with Crippen molar-refractivity contribution in [3.05, 3.63) is 35.9 Å². The molecule has 2 aliphatic rings. The fourth-order valence-corrected chi connectivity index (χ4v) is 5.17. The van der Waals surface area contributed by atoms with Gasteiger partial charge in [0.25, 0.3) is 0 Å². The van der Waals surface area contributed by atoms with E-state index in [1.807, 2.05) is 27.8 Å². The molecule has 1 saturated heterocycles. The van der Waals surface area contributed by atoms with Crippen molar-refractivity contribution in [3.8, 4) is 0 Å². The Bertz CT molecular complexity index is 639. The molecule has 0 spiro atoms. The lowest BCUT2D eigenvalue weighted by molar-refractivity contribution is 0.0286. The Kier molecular flexibility index (Phi) is 7.26. The molecule has 0 aromatic heterocycles. The molecule has 29 heavy (non-hydrogen) atoms. The second-order valence-electron chi connectivity index (χ2n) is 10.1. The second kappa shape index (κ2) is 9.51. The smallest absolute Gasteiger partial charge is 0.410 e. The van der Waals surface area contributed by atoms with E-state index in [-0.39, 0.29) is 11.6 Å². The van der Waals surface area contributed by atoms with E-state index < -0.39 is 5.60 Å². The Morgan fingerprint density at radius 2 is 1.76 bits per heavy atom. The van der Waals surface area contributed by atoms with Crippen LogP contribution in [-0.4, -0.2) is 48.2 Å². The molecule has 1 aromatic rings. The minimum absolute atomic E-state index is 0.210.